The summed E-state index contributed by atoms with van der Waals surface area (Å²) in [7, 11) is 1.89. The van der Waals surface area contributed by atoms with Gasteiger partial charge in [0.05, 0.1) is 21.6 Å². The SMILES string of the molecule is CCCCON=C1CCCCC1(C(=S)NC)c1cnc2ccccc2c1. The molecule has 1 atom stereocenters. The minimum absolute atomic E-state index is 0.425. The van der Waals surface area contributed by atoms with E-state index in [1.54, 1.807) is 0 Å². The average Bonchev–Trinajstić information content (AvgIpc) is 2.70. The van der Waals surface area contributed by atoms with Crippen molar-refractivity contribution >= 4 is 33.8 Å². The topological polar surface area (TPSA) is 46.5 Å². The summed E-state index contributed by atoms with van der Waals surface area (Å²) in [6.45, 7) is 2.80. The van der Waals surface area contributed by atoms with Crippen molar-refractivity contribution in [3.63, 3.8) is 0 Å². The number of hydrogen-bond donors (Lipinski definition) is 1. The molecule has 138 valence electrons. The summed E-state index contributed by atoms with van der Waals surface area (Å²) in [5.41, 5.74) is 2.70. The molecule has 26 heavy (non-hydrogen) atoms. The van der Waals surface area contributed by atoms with E-state index in [1.165, 1.54) is 0 Å². The van der Waals surface area contributed by atoms with Gasteiger partial charge in [-0.3, -0.25) is 4.98 Å². The van der Waals surface area contributed by atoms with Crippen LogP contribution in [0, 0.1) is 0 Å². The van der Waals surface area contributed by atoms with Crippen LogP contribution in [0.3, 0.4) is 0 Å². The van der Waals surface area contributed by atoms with E-state index in [0.29, 0.717) is 6.61 Å². The Balaban J connectivity index is 2.06. The molecule has 2 aromatic rings. The van der Waals surface area contributed by atoms with Gasteiger partial charge in [-0.2, -0.15) is 0 Å². The highest BCUT2D eigenvalue weighted by molar-refractivity contribution is 7.80. The van der Waals surface area contributed by atoms with Crippen molar-refractivity contribution in [1.29, 1.82) is 0 Å². The smallest absolute Gasteiger partial charge is 0.117 e. The molecule has 0 aliphatic heterocycles. The van der Waals surface area contributed by atoms with Crippen molar-refractivity contribution in [3.05, 3.63) is 42.1 Å². The molecule has 0 amide bonds. The number of rotatable bonds is 6. The molecule has 0 spiro atoms. The molecule has 4 nitrogen and oxygen atoms in total. The Bertz CT molecular complexity index is 805. The third-order valence-corrected chi connectivity index (χ3v) is 5.72. The Morgan fingerprint density at radius 2 is 2.19 bits per heavy atom. The highest BCUT2D eigenvalue weighted by atomic mass is 32.1. The number of nitrogens with one attached hydrogen (secondary N) is 1. The van der Waals surface area contributed by atoms with E-state index in [0.717, 1.165) is 65.7 Å². The number of hydrogen-bond acceptors (Lipinski definition) is 4. The van der Waals surface area contributed by atoms with Crippen LogP contribution in [0.15, 0.2) is 41.7 Å². The first-order chi connectivity index (χ1) is 12.7. The van der Waals surface area contributed by atoms with Crippen LogP contribution in [0.2, 0.25) is 0 Å². The minimum atomic E-state index is -0.425. The van der Waals surface area contributed by atoms with Crippen LogP contribution in [0.25, 0.3) is 10.9 Å². The quantitative estimate of drug-likeness (QED) is 0.453. The number of benzene rings is 1. The molecule has 1 aromatic heterocycles. The molecule has 1 unspecified atom stereocenters. The van der Waals surface area contributed by atoms with Crippen LogP contribution in [0.1, 0.15) is 51.0 Å². The number of thiocarbonyl (C=S) groups is 1. The first-order valence-electron chi connectivity index (χ1n) is 9.49. The Hall–Kier alpha value is -2.01. The average molecular weight is 370 g/mol. The van der Waals surface area contributed by atoms with Crippen molar-refractivity contribution in [3.8, 4) is 0 Å². The fourth-order valence-corrected chi connectivity index (χ4v) is 4.04. The van der Waals surface area contributed by atoms with E-state index in [-0.39, 0.29) is 0 Å². The standard InChI is InChI=1S/C21H27N3OS/c1-3-4-13-25-24-19-11-7-8-12-21(19,20(26)22-2)17-14-16-9-5-6-10-18(16)23-15-17/h5-6,9-10,14-15H,3-4,7-8,11-13H2,1-2H3,(H,22,26). The van der Waals surface area contributed by atoms with Crippen molar-refractivity contribution in [2.45, 2.75) is 50.9 Å². The van der Waals surface area contributed by atoms with E-state index >= 15 is 0 Å². The molecule has 0 radical (unpaired) electrons. The second-order valence-corrected chi connectivity index (χ2v) is 7.24. The maximum atomic E-state index is 5.80. The maximum Gasteiger partial charge on any atom is 0.117 e. The zero-order chi connectivity index (χ0) is 18.4. The first-order valence-corrected chi connectivity index (χ1v) is 9.90. The van der Waals surface area contributed by atoms with Crippen LogP contribution in [-0.4, -0.2) is 29.3 Å². The number of aromatic nitrogens is 1. The lowest BCUT2D eigenvalue weighted by molar-refractivity contribution is 0.138. The molecule has 5 heteroatoms. The van der Waals surface area contributed by atoms with Gasteiger partial charge in [0.25, 0.3) is 0 Å². The summed E-state index contributed by atoms with van der Waals surface area (Å²) < 4.78 is 0. The van der Waals surface area contributed by atoms with Crippen LogP contribution in [0.4, 0.5) is 0 Å². The summed E-state index contributed by atoms with van der Waals surface area (Å²) >= 11 is 5.80. The summed E-state index contributed by atoms with van der Waals surface area (Å²) in [5.74, 6) is 0. The van der Waals surface area contributed by atoms with E-state index in [4.69, 9.17) is 17.1 Å². The lowest BCUT2D eigenvalue weighted by atomic mass is 9.68. The van der Waals surface area contributed by atoms with Crippen LogP contribution < -0.4 is 5.32 Å². The van der Waals surface area contributed by atoms with Gasteiger partial charge in [0, 0.05) is 18.6 Å². The highest BCUT2D eigenvalue weighted by Gasteiger charge is 2.44. The van der Waals surface area contributed by atoms with Crippen molar-refractivity contribution in [1.82, 2.24) is 10.3 Å². The van der Waals surface area contributed by atoms with E-state index in [1.807, 2.05) is 31.4 Å². The predicted octanol–water partition coefficient (Wildman–Crippen LogP) is 4.77. The summed E-state index contributed by atoms with van der Waals surface area (Å²) in [5, 5.41) is 8.91. The van der Waals surface area contributed by atoms with E-state index in [2.05, 4.69) is 34.5 Å². The predicted molar refractivity (Wildman–Crippen MR) is 112 cm³/mol. The number of likely N-dealkylation sites (N-methyl/N-ethyl adjacent to an activating group) is 1. The van der Waals surface area contributed by atoms with Crippen LogP contribution >= 0.6 is 12.2 Å². The van der Waals surface area contributed by atoms with Crippen molar-refractivity contribution in [2.75, 3.05) is 13.7 Å². The number of unbranched alkanes of at least 4 members (excludes halogenated alkanes) is 1. The molecule has 1 aliphatic rings. The minimum Gasteiger partial charge on any atom is -0.396 e. The zero-order valence-electron chi connectivity index (χ0n) is 15.6. The molecule has 3 rings (SSSR count). The Labute approximate surface area is 161 Å². The maximum absolute atomic E-state index is 5.80. The molecular formula is C21H27N3OS. The number of para-hydroxylation sites is 1. The van der Waals surface area contributed by atoms with Gasteiger partial charge >= 0.3 is 0 Å². The van der Waals surface area contributed by atoms with Crippen LogP contribution in [-0.2, 0) is 10.3 Å². The normalized spacial score (nSPS) is 21.7. The highest BCUT2D eigenvalue weighted by Crippen LogP contribution is 2.39. The Morgan fingerprint density at radius 3 is 3.00 bits per heavy atom. The lowest BCUT2D eigenvalue weighted by Crippen LogP contribution is -2.50. The Kier molecular flexibility index (Phi) is 6.20. The van der Waals surface area contributed by atoms with Gasteiger partial charge in [-0.25, -0.2) is 0 Å². The first kappa shape index (κ1) is 18.8. The summed E-state index contributed by atoms with van der Waals surface area (Å²) in [6.07, 6.45) is 8.13. The fourth-order valence-electron chi connectivity index (χ4n) is 3.70. The molecule has 1 fully saturated rings. The van der Waals surface area contributed by atoms with Gasteiger partial charge < -0.3 is 10.2 Å². The van der Waals surface area contributed by atoms with Gasteiger partial charge in [-0.05, 0) is 43.4 Å². The number of pyridine rings is 1. The summed E-state index contributed by atoms with van der Waals surface area (Å²) in [4.78, 5) is 11.1. The fraction of sp³-hybridized carbons (Fsp3) is 0.476. The molecule has 1 saturated carbocycles. The van der Waals surface area contributed by atoms with Gasteiger partial charge in [0.2, 0.25) is 0 Å². The number of oxime groups is 1. The number of nitrogens with zero attached hydrogens (tertiary/aromatic N) is 2. The second kappa shape index (κ2) is 8.58. The second-order valence-electron chi connectivity index (χ2n) is 6.83. The van der Waals surface area contributed by atoms with Crippen LogP contribution in [0.5, 0.6) is 0 Å². The van der Waals surface area contributed by atoms with E-state index in [9.17, 15) is 0 Å². The van der Waals surface area contributed by atoms with Crippen molar-refractivity contribution in [2.24, 2.45) is 5.16 Å². The summed E-state index contributed by atoms with van der Waals surface area (Å²) in [6, 6.07) is 10.4. The molecule has 1 N–H and O–H groups in total. The molecule has 1 aliphatic carbocycles. The lowest BCUT2D eigenvalue weighted by Gasteiger charge is -2.38. The Morgan fingerprint density at radius 1 is 1.35 bits per heavy atom. The molecule has 0 bridgehead atoms. The molecule has 1 heterocycles. The third-order valence-electron chi connectivity index (χ3n) is 5.17. The monoisotopic (exact) mass is 369 g/mol. The van der Waals surface area contributed by atoms with Gasteiger partial charge in [-0.15, -0.1) is 0 Å². The van der Waals surface area contributed by atoms with Gasteiger partial charge in [0.15, 0.2) is 0 Å². The number of fused-ring (bicyclic) bond motifs is 1. The van der Waals surface area contributed by atoms with Crippen molar-refractivity contribution < 1.29 is 4.84 Å². The third kappa shape index (κ3) is 3.58. The zero-order valence-corrected chi connectivity index (χ0v) is 16.4. The molecule has 1 aromatic carbocycles. The van der Waals surface area contributed by atoms with Gasteiger partial charge in [0.1, 0.15) is 6.61 Å². The molecular weight excluding hydrogens is 342 g/mol. The van der Waals surface area contributed by atoms with Gasteiger partial charge in [-0.1, -0.05) is 55.3 Å². The largest absolute Gasteiger partial charge is 0.396 e. The molecule has 0 saturated heterocycles. The van der Waals surface area contributed by atoms with E-state index < -0.39 is 5.41 Å².